The predicted molar refractivity (Wildman–Crippen MR) is 73.5 cm³/mol. The zero-order valence-electron chi connectivity index (χ0n) is 10.8. The Labute approximate surface area is 113 Å². The summed E-state index contributed by atoms with van der Waals surface area (Å²) in [6.45, 7) is 4.80. The molecule has 0 aliphatic carbocycles. The van der Waals surface area contributed by atoms with Gasteiger partial charge in [0.2, 0.25) is 5.88 Å². The van der Waals surface area contributed by atoms with E-state index in [9.17, 15) is 0 Å². The summed E-state index contributed by atoms with van der Waals surface area (Å²) in [4.78, 5) is 10.7. The Balaban J connectivity index is 2.02. The third-order valence-electron chi connectivity index (χ3n) is 3.14. The first-order chi connectivity index (χ1) is 8.83. The van der Waals surface area contributed by atoms with Gasteiger partial charge in [0, 0.05) is 25.0 Å². The maximum atomic E-state index is 5.95. The van der Waals surface area contributed by atoms with Crippen molar-refractivity contribution in [2.75, 3.05) is 30.5 Å². The highest BCUT2D eigenvalue weighted by Gasteiger charge is 2.20. The number of aromatic nitrogens is 2. The lowest BCUT2D eigenvalue weighted by molar-refractivity contribution is 0.304. The molecule has 1 aliphatic heterocycles. The van der Waals surface area contributed by atoms with Gasteiger partial charge in [-0.25, -0.2) is 9.97 Å². The molecule has 1 aromatic heterocycles. The van der Waals surface area contributed by atoms with Crippen molar-refractivity contribution in [1.82, 2.24) is 9.97 Å². The van der Waals surface area contributed by atoms with Gasteiger partial charge in [-0.2, -0.15) is 0 Å². The minimum absolute atomic E-state index is 0.565. The summed E-state index contributed by atoms with van der Waals surface area (Å²) >= 11 is 5.95. The average molecular weight is 270 g/mol. The number of halogens is 1. The Bertz CT molecular complexity index is 375. The average Bonchev–Trinajstić information content (AvgIpc) is 2.45. The Kier molecular flexibility index (Phi) is 5.05. The van der Waals surface area contributed by atoms with Crippen LogP contribution in [0.4, 0.5) is 5.82 Å². The molecule has 100 valence electrons. The first kappa shape index (κ1) is 13.4. The number of nitrogens with zero attached hydrogens (tertiary/aromatic N) is 3. The Morgan fingerprint density at radius 1 is 1.50 bits per heavy atom. The summed E-state index contributed by atoms with van der Waals surface area (Å²) in [6.07, 6.45) is 4.94. The van der Waals surface area contributed by atoms with Crippen molar-refractivity contribution < 1.29 is 4.74 Å². The monoisotopic (exact) mass is 269 g/mol. The smallest absolute Gasteiger partial charge is 0.218 e. The molecule has 0 bridgehead atoms. The van der Waals surface area contributed by atoms with Crippen LogP contribution in [0.25, 0.3) is 0 Å². The number of anilines is 1. The van der Waals surface area contributed by atoms with Crippen LogP contribution in [0, 0.1) is 5.92 Å². The predicted octanol–water partition coefficient (Wildman–Crippen LogP) is 2.72. The van der Waals surface area contributed by atoms with Crippen LogP contribution in [0.2, 0.25) is 0 Å². The zero-order chi connectivity index (χ0) is 12.8. The van der Waals surface area contributed by atoms with Gasteiger partial charge in [-0.05, 0) is 25.2 Å². The molecule has 1 atom stereocenters. The Morgan fingerprint density at radius 2 is 2.39 bits per heavy atom. The van der Waals surface area contributed by atoms with E-state index in [4.69, 9.17) is 16.3 Å². The minimum Gasteiger partial charge on any atom is -0.478 e. The molecule has 0 aromatic carbocycles. The lowest BCUT2D eigenvalue weighted by atomic mass is 10.0. The van der Waals surface area contributed by atoms with E-state index in [0.717, 1.165) is 31.2 Å². The molecular weight excluding hydrogens is 250 g/mol. The van der Waals surface area contributed by atoms with Crippen molar-refractivity contribution in [2.24, 2.45) is 5.92 Å². The Hall–Kier alpha value is -1.03. The van der Waals surface area contributed by atoms with Gasteiger partial charge < -0.3 is 9.64 Å². The second-order valence-corrected chi connectivity index (χ2v) is 4.98. The SMILES string of the molecule is CCCOc1cc(N2CCCC(CCl)C2)ncn1. The van der Waals surface area contributed by atoms with Gasteiger partial charge in [-0.3, -0.25) is 0 Å². The first-order valence-electron chi connectivity index (χ1n) is 6.59. The molecule has 0 amide bonds. The van der Waals surface area contributed by atoms with Crippen LogP contribution in [0.15, 0.2) is 12.4 Å². The highest BCUT2D eigenvalue weighted by molar-refractivity contribution is 6.18. The number of rotatable bonds is 5. The second kappa shape index (κ2) is 6.78. The number of ether oxygens (including phenoxy) is 1. The first-order valence-corrected chi connectivity index (χ1v) is 7.12. The van der Waals surface area contributed by atoms with Crippen LogP contribution < -0.4 is 9.64 Å². The van der Waals surface area contributed by atoms with E-state index in [1.807, 2.05) is 6.07 Å². The van der Waals surface area contributed by atoms with Crippen LogP contribution in [-0.4, -0.2) is 35.5 Å². The van der Waals surface area contributed by atoms with E-state index in [0.29, 0.717) is 18.4 Å². The van der Waals surface area contributed by atoms with Crippen LogP contribution in [0.1, 0.15) is 26.2 Å². The lowest BCUT2D eigenvalue weighted by Gasteiger charge is -2.32. The van der Waals surface area contributed by atoms with Crippen molar-refractivity contribution in [2.45, 2.75) is 26.2 Å². The van der Waals surface area contributed by atoms with Crippen LogP contribution in [-0.2, 0) is 0 Å². The normalized spacial score (nSPS) is 19.9. The summed E-state index contributed by atoms with van der Waals surface area (Å²) < 4.78 is 5.54. The topological polar surface area (TPSA) is 38.2 Å². The van der Waals surface area contributed by atoms with E-state index in [2.05, 4.69) is 21.8 Å². The van der Waals surface area contributed by atoms with Crippen LogP contribution in [0.5, 0.6) is 5.88 Å². The molecule has 1 aromatic rings. The molecule has 1 unspecified atom stereocenters. The van der Waals surface area contributed by atoms with Crippen molar-refractivity contribution in [3.63, 3.8) is 0 Å². The van der Waals surface area contributed by atoms with Crippen LogP contribution >= 0.6 is 11.6 Å². The van der Waals surface area contributed by atoms with Crippen molar-refractivity contribution >= 4 is 17.4 Å². The van der Waals surface area contributed by atoms with Crippen LogP contribution in [0.3, 0.4) is 0 Å². The molecule has 0 saturated carbocycles. The van der Waals surface area contributed by atoms with Gasteiger partial charge in [0.15, 0.2) is 0 Å². The molecule has 2 heterocycles. The molecule has 1 aliphatic rings. The van der Waals surface area contributed by atoms with Crippen molar-refractivity contribution in [3.8, 4) is 5.88 Å². The summed E-state index contributed by atoms with van der Waals surface area (Å²) in [7, 11) is 0. The fourth-order valence-corrected chi connectivity index (χ4v) is 2.44. The van der Waals surface area contributed by atoms with Gasteiger partial charge in [-0.1, -0.05) is 6.92 Å². The van der Waals surface area contributed by atoms with Gasteiger partial charge >= 0.3 is 0 Å². The van der Waals surface area contributed by atoms with E-state index in [-0.39, 0.29) is 0 Å². The lowest BCUT2D eigenvalue weighted by Crippen LogP contribution is -2.36. The highest BCUT2D eigenvalue weighted by Crippen LogP contribution is 2.23. The molecule has 1 saturated heterocycles. The minimum atomic E-state index is 0.565. The molecule has 0 N–H and O–H groups in total. The highest BCUT2D eigenvalue weighted by atomic mass is 35.5. The largest absolute Gasteiger partial charge is 0.478 e. The van der Waals surface area contributed by atoms with Gasteiger partial charge in [-0.15, -0.1) is 11.6 Å². The maximum absolute atomic E-state index is 5.95. The van der Waals surface area contributed by atoms with Gasteiger partial charge in [0.05, 0.1) is 6.61 Å². The summed E-state index contributed by atoms with van der Waals surface area (Å²) in [6, 6.07) is 1.92. The standard InChI is InChI=1S/C13H20ClN3O/c1-2-6-18-13-7-12(15-10-16-13)17-5-3-4-11(8-14)9-17/h7,10-11H,2-6,8-9H2,1H3. The molecule has 4 nitrogen and oxygen atoms in total. The molecule has 0 spiro atoms. The summed E-state index contributed by atoms with van der Waals surface area (Å²) in [5.74, 6) is 2.90. The van der Waals surface area contributed by atoms with E-state index >= 15 is 0 Å². The fraction of sp³-hybridized carbons (Fsp3) is 0.692. The third-order valence-corrected chi connectivity index (χ3v) is 3.58. The molecule has 5 heteroatoms. The number of hydrogen-bond acceptors (Lipinski definition) is 4. The molecule has 0 radical (unpaired) electrons. The van der Waals surface area contributed by atoms with Gasteiger partial charge in [0.1, 0.15) is 12.1 Å². The summed E-state index contributed by atoms with van der Waals surface area (Å²) in [5, 5.41) is 0. The fourth-order valence-electron chi connectivity index (χ4n) is 2.19. The molecule has 1 fully saturated rings. The van der Waals surface area contributed by atoms with Crippen molar-refractivity contribution in [3.05, 3.63) is 12.4 Å². The maximum Gasteiger partial charge on any atom is 0.218 e. The molecule has 2 rings (SSSR count). The quantitative estimate of drug-likeness (QED) is 0.771. The summed E-state index contributed by atoms with van der Waals surface area (Å²) in [5.41, 5.74) is 0. The molecular formula is C13H20ClN3O. The third kappa shape index (κ3) is 3.48. The van der Waals surface area contributed by atoms with Gasteiger partial charge in [0.25, 0.3) is 0 Å². The van der Waals surface area contributed by atoms with E-state index in [1.54, 1.807) is 6.33 Å². The number of piperidine rings is 1. The van der Waals surface area contributed by atoms with E-state index in [1.165, 1.54) is 12.8 Å². The Morgan fingerprint density at radius 3 is 3.17 bits per heavy atom. The number of hydrogen-bond donors (Lipinski definition) is 0. The number of alkyl halides is 1. The van der Waals surface area contributed by atoms with Crippen molar-refractivity contribution in [1.29, 1.82) is 0 Å². The zero-order valence-corrected chi connectivity index (χ0v) is 11.6. The van der Waals surface area contributed by atoms with E-state index < -0.39 is 0 Å². The molecule has 18 heavy (non-hydrogen) atoms. The second-order valence-electron chi connectivity index (χ2n) is 4.67.